The molecule has 2 heterocycles. The number of hydrogen-bond acceptors (Lipinski definition) is 6. The maximum Gasteiger partial charge on any atom is 0.261 e. The van der Waals surface area contributed by atoms with Gasteiger partial charge in [-0.25, -0.2) is 4.98 Å². The number of pyridine rings is 1. The maximum absolute atomic E-state index is 12.7. The van der Waals surface area contributed by atoms with E-state index < -0.39 is 0 Å². The summed E-state index contributed by atoms with van der Waals surface area (Å²) >= 11 is 7.82. The minimum absolute atomic E-state index is 0.122. The van der Waals surface area contributed by atoms with Crippen LogP contribution < -0.4 is 16.4 Å². The molecule has 172 valence electrons. The van der Waals surface area contributed by atoms with E-state index in [-0.39, 0.29) is 5.91 Å². The molecule has 0 aliphatic carbocycles. The number of nitrogens with two attached hydrogens (primary N) is 1. The Morgan fingerprint density at radius 1 is 1.16 bits per heavy atom. The summed E-state index contributed by atoms with van der Waals surface area (Å²) < 4.78 is 0. The second-order valence-electron chi connectivity index (χ2n) is 8.42. The Bertz CT molecular complexity index is 1060. The lowest BCUT2D eigenvalue weighted by atomic mass is 10.1. The van der Waals surface area contributed by atoms with E-state index in [1.165, 1.54) is 11.3 Å². The molecule has 1 aromatic carbocycles. The molecule has 1 amide bonds. The van der Waals surface area contributed by atoms with Crippen LogP contribution >= 0.6 is 22.9 Å². The lowest BCUT2D eigenvalue weighted by molar-refractivity contribution is 0.0955. The fourth-order valence-corrected chi connectivity index (χ4v) is 5.09. The van der Waals surface area contributed by atoms with Gasteiger partial charge in [-0.05, 0) is 56.8 Å². The maximum atomic E-state index is 12.7. The SMILES string of the molecule is CC(C)N(CCNCc1sc(C(=O)NCc2ccc3c(N)nccc3c2)cc1Cl)C(C)C. The first kappa shape index (κ1) is 24.5. The number of carbonyl (C=O) groups is 1. The highest BCUT2D eigenvalue weighted by Crippen LogP contribution is 2.27. The molecule has 0 radical (unpaired) electrons. The number of nitrogens with zero attached hydrogens (tertiary/aromatic N) is 2. The van der Waals surface area contributed by atoms with Crippen LogP contribution in [0.1, 0.15) is 47.8 Å². The van der Waals surface area contributed by atoms with Crippen molar-refractivity contribution in [1.82, 2.24) is 20.5 Å². The summed E-state index contributed by atoms with van der Waals surface area (Å²) in [5.74, 6) is 0.386. The molecule has 2 aromatic heterocycles. The molecule has 0 bridgehead atoms. The number of anilines is 1. The van der Waals surface area contributed by atoms with Gasteiger partial charge in [0.25, 0.3) is 5.91 Å². The summed E-state index contributed by atoms with van der Waals surface area (Å²) in [5.41, 5.74) is 6.91. The van der Waals surface area contributed by atoms with E-state index in [2.05, 4.69) is 48.2 Å². The van der Waals surface area contributed by atoms with Gasteiger partial charge in [-0.15, -0.1) is 11.3 Å². The highest BCUT2D eigenvalue weighted by Gasteiger charge is 2.15. The summed E-state index contributed by atoms with van der Waals surface area (Å²) in [6.45, 7) is 11.8. The molecule has 32 heavy (non-hydrogen) atoms. The van der Waals surface area contributed by atoms with E-state index >= 15 is 0 Å². The summed E-state index contributed by atoms with van der Waals surface area (Å²) in [7, 11) is 0. The lowest BCUT2D eigenvalue weighted by Crippen LogP contribution is -2.41. The van der Waals surface area contributed by atoms with E-state index in [0.29, 0.717) is 40.9 Å². The van der Waals surface area contributed by atoms with E-state index in [4.69, 9.17) is 17.3 Å². The third kappa shape index (κ3) is 6.19. The van der Waals surface area contributed by atoms with Crippen LogP contribution in [-0.2, 0) is 13.1 Å². The van der Waals surface area contributed by atoms with Crippen LogP contribution in [0.25, 0.3) is 10.8 Å². The Morgan fingerprint density at radius 3 is 2.62 bits per heavy atom. The number of benzene rings is 1. The fourth-order valence-electron chi connectivity index (χ4n) is 3.79. The van der Waals surface area contributed by atoms with E-state index in [0.717, 1.165) is 34.3 Å². The predicted molar refractivity (Wildman–Crippen MR) is 135 cm³/mol. The molecule has 8 heteroatoms. The smallest absolute Gasteiger partial charge is 0.261 e. The largest absolute Gasteiger partial charge is 0.383 e. The summed E-state index contributed by atoms with van der Waals surface area (Å²) in [5, 5.41) is 8.98. The van der Waals surface area contributed by atoms with Crippen molar-refractivity contribution in [2.75, 3.05) is 18.8 Å². The van der Waals surface area contributed by atoms with Gasteiger partial charge in [-0.2, -0.15) is 0 Å². The van der Waals surface area contributed by atoms with Crippen molar-refractivity contribution < 1.29 is 4.79 Å². The van der Waals surface area contributed by atoms with Crippen molar-refractivity contribution in [2.24, 2.45) is 0 Å². The van der Waals surface area contributed by atoms with Crippen LogP contribution in [0.4, 0.5) is 5.82 Å². The molecule has 4 N–H and O–H groups in total. The van der Waals surface area contributed by atoms with Crippen LogP contribution in [0.3, 0.4) is 0 Å². The predicted octanol–water partition coefficient (Wildman–Crippen LogP) is 4.67. The van der Waals surface area contributed by atoms with Crippen molar-refractivity contribution >= 4 is 45.4 Å². The van der Waals surface area contributed by atoms with Crippen LogP contribution in [0.15, 0.2) is 36.5 Å². The number of rotatable bonds is 10. The normalized spacial score (nSPS) is 11.8. The van der Waals surface area contributed by atoms with Gasteiger partial charge in [-0.1, -0.05) is 23.7 Å². The van der Waals surface area contributed by atoms with Crippen LogP contribution in [0.5, 0.6) is 0 Å². The van der Waals surface area contributed by atoms with E-state index in [1.807, 2.05) is 24.3 Å². The molecule has 0 spiro atoms. The molecule has 6 nitrogen and oxygen atoms in total. The number of thiophene rings is 1. The van der Waals surface area contributed by atoms with Crippen molar-refractivity contribution in [3.8, 4) is 0 Å². The van der Waals surface area contributed by atoms with Crippen molar-refractivity contribution in [1.29, 1.82) is 0 Å². The first-order valence-electron chi connectivity index (χ1n) is 10.9. The third-order valence-corrected chi connectivity index (χ3v) is 7.04. The third-order valence-electron chi connectivity index (χ3n) is 5.45. The number of fused-ring (bicyclic) bond motifs is 1. The van der Waals surface area contributed by atoms with Crippen molar-refractivity contribution in [3.63, 3.8) is 0 Å². The minimum atomic E-state index is -0.122. The zero-order valence-corrected chi connectivity index (χ0v) is 20.7. The molecule has 0 saturated carbocycles. The first-order valence-corrected chi connectivity index (χ1v) is 12.1. The average molecular weight is 474 g/mol. The number of aromatic nitrogens is 1. The highest BCUT2D eigenvalue weighted by molar-refractivity contribution is 7.14. The molecule has 3 aromatic rings. The van der Waals surface area contributed by atoms with E-state index in [9.17, 15) is 4.79 Å². The summed E-state index contributed by atoms with van der Waals surface area (Å²) in [6, 6.07) is 10.6. The lowest BCUT2D eigenvalue weighted by Gasteiger charge is -2.30. The Hall–Kier alpha value is -2.19. The molecule has 0 unspecified atom stereocenters. The van der Waals surface area contributed by atoms with Crippen molar-refractivity contribution in [2.45, 2.75) is 52.9 Å². The Morgan fingerprint density at radius 2 is 1.91 bits per heavy atom. The second kappa shape index (κ2) is 11.1. The van der Waals surface area contributed by atoms with Gasteiger partial charge in [0.05, 0.1) is 9.90 Å². The number of carbonyl (C=O) groups excluding carboxylic acids is 1. The Balaban J connectivity index is 1.53. The standard InChI is InChI=1S/C24H32ClN5OS/c1-15(2)30(16(3)4)10-9-27-14-22-20(25)12-21(32-22)24(31)29-13-17-5-6-19-18(11-17)7-8-28-23(19)26/h5-8,11-12,15-16,27H,9-10,13-14H2,1-4H3,(H2,26,28)(H,29,31). The number of nitrogens with one attached hydrogen (secondary N) is 2. The molecular formula is C24H32ClN5OS. The Kier molecular flexibility index (Phi) is 8.48. The van der Waals surface area contributed by atoms with Gasteiger partial charge in [-0.3, -0.25) is 9.69 Å². The van der Waals surface area contributed by atoms with Crippen molar-refractivity contribution in [3.05, 3.63) is 56.9 Å². The molecular weight excluding hydrogens is 442 g/mol. The second-order valence-corrected chi connectivity index (χ2v) is 9.96. The van der Waals surface area contributed by atoms with Gasteiger partial charge in [0.1, 0.15) is 5.82 Å². The highest BCUT2D eigenvalue weighted by atomic mass is 35.5. The number of halogens is 1. The molecule has 0 atom stereocenters. The fraction of sp³-hybridized carbons (Fsp3) is 0.417. The zero-order valence-electron chi connectivity index (χ0n) is 19.1. The van der Waals surface area contributed by atoms with Gasteiger partial charge < -0.3 is 16.4 Å². The van der Waals surface area contributed by atoms with Crippen LogP contribution in [0, 0.1) is 0 Å². The average Bonchev–Trinajstić information content (AvgIpc) is 3.12. The molecule has 0 aliphatic rings. The Labute approximate surface area is 199 Å². The van der Waals surface area contributed by atoms with Gasteiger partial charge in [0.15, 0.2) is 0 Å². The van der Waals surface area contributed by atoms with Gasteiger partial charge in [0.2, 0.25) is 0 Å². The number of amides is 1. The van der Waals surface area contributed by atoms with Gasteiger partial charge >= 0.3 is 0 Å². The quantitative estimate of drug-likeness (QED) is 0.373. The molecule has 0 fully saturated rings. The topological polar surface area (TPSA) is 83.3 Å². The summed E-state index contributed by atoms with van der Waals surface area (Å²) in [6.07, 6.45) is 1.69. The monoisotopic (exact) mass is 473 g/mol. The number of nitrogen functional groups attached to an aromatic ring is 1. The van der Waals surface area contributed by atoms with Gasteiger partial charge in [0, 0.05) is 54.7 Å². The molecule has 0 aliphatic heterocycles. The van der Waals surface area contributed by atoms with E-state index in [1.54, 1.807) is 12.3 Å². The zero-order chi connectivity index (χ0) is 23.3. The minimum Gasteiger partial charge on any atom is -0.383 e. The summed E-state index contributed by atoms with van der Waals surface area (Å²) in [4.78, 5) is 20.8. The molecule has 0 saturated heterocycles. The van der Waals surface area contributed by atoms with Crippen LogP contribution in [-0.4, -0.2) is 41.0 Å². The molecule has 3 rings (SSSR count). The number of hydrogen-bond donors (Lipinski definition) is 3. The first-order chi connectivity index (χ1) is 15.3. The van der Waals surface area contributed by atoms with Crippen LogP contribution in [0.2, 0.25) is 5.02 Å².